The van der Waals surface area contributed by atoms with Crippen molar-refractivity contribution in [3.63, 3.8) is 0 Å². The standard InChI is InChI=1S/C17H15FN2O/c1-21-15-9-3-7-13(18)16(15)17(19)12-5-2-8-14-11(12)6-4-10-20-14/h2-10,17H,19H2,1H3. The van der Waals surface area contributed by atoms with Crippen molar-refractivity contribution in [2.45, 2.75) is 6.04 Å². The van der Waals surface area contributed by atoms with Gasteiger partial charge in [0.2, 0.25) is 0 Å². The minimum absolute atomic E-state index is 0.358. The van der Waals surface area contributed by atoms with Gasteiger partial charge in [0.15, 0.2) is 0 Å². The van der Waals surface area contributed by atoms with Gasteiger partial charge in [0.05, 0.1) is 24.2 Å². The second kappa shape index (κ2) is 5.50. The van der Waals surface area contributed by atoms with Crippen LogP contribution in [0.5, 0.6) is 5.75 Å². The van der Waals surface area contributed by atoms with Crippen LogP contribution in [-0.4, -0.2) is 12.1 Å². The summed E-state index contributed by atoms with van der Waals surface area (Å²) in [5.74, 6) is 0.0751. The van der Waals surface area contributed by atoms with E-state index < -0.39 is 6.04 Å². The lowest BCUT2D eigenvalue weighted by Gasteiger charge is -2.18. The van der Waals surface area contributed by atoms with Crippen LogP contribution in [0, 0.1) is 5.82 Å². The van der Waals surface area contributed by atoms with E-state index in [0.717, 1.165) is 16.5 Å². The quantitative estimate of drug-likeness (QED) is 0.800. The molecule has 0 aliphatic rings. The fourth-order valence-electron chi connectivity index (χ4n) is 2.55. The predicted octanol–water partition coefficient (Wildman–Crippen LogP) is 3.43. The van der Waals surface area contributed by atoms with Gasteiger partial charge in [0, 0.05) is 11.6 Å². The largest absolute Gasteiger partial charge is 0.496 e. The Morgan fingerprint density at radius 2 is 1.90 bits per heavy atom. The number of benzene rings is 2. The van der Waals surface area contributed by atoms with Gasteiger partial charge in [0.1, 0.15) is 11.6 Å². The van der Waals surface area contributed by atoms with E-state index in [1.807, 2.05) is 30.3 Å². The third-order valence-electron chi connectivity index (χ3n) is 3.56. The van der Waals surface area contributed by atoms with Crippen LogP contribution >= 0.6 is 0 Å². The first-order valence-electron chi connectivity index (χ1n) is 6.64. The number of nitrogens with zero attached hydrogens (tertiary/aromatic N) is 1. The number of pyridine rings is 1. The molecule has 3 nitrogen and oxygen atoms in total. The van der Waals surface area contributed by atoms with Crippen molar-refractivity contribution >= 4 is 10.9 Å². The van der Waals surface area contributed by atoms with Crippen LogP contribution in [0.1, 0.15) is 17.2 Å². The molecule has 1 heterocycles. The maximum atomic E-state index is 14.2. The number of ether oxygens (including phenoxy) is 1. The van der Waals surface area contributed by atoms with Crippen molar-refractivity contribution in [1.82, 2.24) is 4.98 Å². The van der Waals surface area contributed by atoms with Crippen molar-refractivity contribution in [3.8, 4) is 5.75 Å². The molecule has 0 saturated heterocycles. The molecule has 2 N–H and O–H groups in total. The summed E-state index contributed by atoms with van der Waals surface area (Å²) in [6.07, 6.45) is 1.72. The first kappa shape index (κ1) is 13.5. The highest BCUT2D eigenvalue weighted by Crippen LogP contribution is 2.33. The molecule has 106 valence electrons. The average molecular weight is 282 g/mol. The molecule has 3 aromatic rings. The third-order valence-corrected chi connectivity index (χ3v) is 3.56. The molecule has 3 rings (SSSR count). The van der Waals surface area contributed by atoms with Crippen molar-refractivity contribution in [3.05, 3.63) is 71.7 Å². The molecule has 21 heavy (non-hydrogen) atoms. The highest BCUT2D eigenvalue weighted by molar-refractivity contribution is 5.83. The molecule has 0 aliphatic heterocycles. The number of hydrogen-bond donors (Lipinski definition) is 1. The number of hydrogen-bond acceptors (Lipinski definition) is 3. The van der Waals surface area contributed by atoms with Crippen LogP contribution in [0.4, 0.5) is 4.39 Å². The van der Waals surface area contributed by atoms with Crippen LogP contribution in [0.2, 0.25) is 0 Å². The molecule has 0 bridgehead atoms. The highest BCUT2D eigenvalue weighted by Gasteiger charge is 2.20. The monoisotopic (exact) mass is 282 g/mol. The molecule has 1 aromatic heterocycles. The maximum absolute atomic E-state index is 14.2. The average Bonchev–Trinajstić information content (AvgIpc) is 2.53. The zero-order valence-electron chi connectivity index (χ0n) is 11.6. The van der Waals surface area contributed by atoms with Crippen molar-refractivity contribution < 1.29 is 9.13 Å². The number of methoxy groups -OCH3 is 1. The molecule has 0 fully saturated rings. The summed E-state index contributed by atoms with van der Waals surface area (Å²) >= 11 is 0. The summed E-state index contributed by atoms with van der Waals surface area (Å²) < 4.78 is 19.4. The second-order valence-electron chi connectivity index (χ2n) is 4.75. The first-order chi connectivity index (χ1) is 10.2. The SMILES string of the molecule is COc1cccc(F)c1C(N)c1cccc2ncccc12. The van der Waals surface area contributed by atoms with Crippen LogP contribution in [0.3, 0.4) is 0 Å². The molecule has 0 saturated carbocycles. The van der Waals surface area contributed by atoms with Gasteiger partial charge in [-0.05, 0) is 29.8 Å². The van der Waals surface area contributed by atoms with E-state index in [1.165, 1.54) is 13.2 Å². The molecule has 2 aromatic carbocycles. The molecule has 0 radical (unpaired) electrons. The molecule has 0 spiro atoms. The van der Waals surface area contributed by atoms with Gasteiger partial charge in [-0.15, -0.1) is 0 Å². The number of aromatic nitrogens is 1. The van der Waals surface area contributed by atoms with E-state index in [-0.39, 0.29) is 5.82 Å². The molecular formula is C17H15FN2O. The lowest BCUT2D eigenvalue weighted by Crippen LogP contribution is -2.15. The molecule has 1 atom stereocenters. The van der Waals surface area contributed by atoms with Crippen molar-refractivity contribution in [1.29, 1.82) is 0 Å². The van der Waals surface area contributed by atoms with E-state index >= 15 is 0 Å². The molecular weight excluding hydrogens is 267 g/mol. The van der Waals surface area contributed by atoms with Crippen molar-refractivity contribution in [2.75, 3.05) is 7.11 Å². The Kier molecular flexibility index (Phi) is 3.54. The van der Waals surface area contributed by atoms with Crippen LogP contribution in [0.15, 0.2) is 54.7 Å². The zero-order chi connectivity index (χ0) is 14.8. The second-order valence-corrected chi connectivity index (χ2v) is 4.75. The van der Waals surface area contributed by atoms with Crippen LogP contribution in [-0.2, 0) is 0 Å². The number of fused-ring (bicyclic) bond motifs is 1. The molecule has 0 amide bonds. The van der Waals surface area contributed by atoms with Crippen LogP contribution in [0.25, 0.3) is 10.9 Å². The number of nitrogens with two attached hydrogens (primary N) is 1. The summed E-state index contributed by atoms with van der Waals surface area (Å²) in [6, 6.07) is 13.5. The van der Waals surface area contributed by atoms with Crippen molar-refractivity contribution in [2.24, 2.45) is 5.73 Å². The highest BCUT2D eigenvalue weighted by atomic mass is 19.1. The minimum Gasteiger partial charge on any atom is -0.496 e. The predicted molar refractivity (Wildman–Crippen MR) is 80.7 cm³/mol. The minimum atomic E-state index is -0.617. The van der Waals surface area contributed by atoms with E-state index in [2.05, 4.69) is 4.98 Å². The van der Waals surface area contributed by atoms with E-state index in [1.54, 1.807) is 18.3 Å². The van der Waals surface area contributed by atoms with E-state index in [4.69, 9.17) is 10.5 Å². The third kappa shape index (κ3) is 2.34. The Hall–Kier alpha value is -2.46. The molecule has 1 unspecified atom stereocenters. The van der Waals surface area contributed by atoms with Gasteiger partial charge >= 0.3 is 0 Å². The number of halogens is 1. The normalized spacial score (nSPS) is 12.3. The summed E-state index contributed by atoms with van der Waals surface area (Å²) in [5.41, 5.74) is 8.33. The lowest BCUT2D eigenvalue weighted by atomic mass is 9.95. The molecule has 4 heteroatoms. The Labute approximate surface area is 122 Å². The van der Waals surface area contributed by atoms with Gasteiger partial charge in [-0.25, -0.2) is 4.39 Å². The lowest BCUT2D eigenvalue weighted by molar-refractivity contribution is 0.402. The summed E-state index contributed by atoms with van der Waals surface area (Å²) in [4.78, 5) is 4.30. The Morgan fingerprint density at radius 3 is 2.71 bits per heavy atom. The smallest absolute Gasteiger partial charge is 0.132 e. The topological polar surface area (TPSA) is 48.1 Å². The fraction of sp³-hybridized carbons (Fsp3) is 0.118. The van der Waals surface area contributed by atoms with Gasteiger partial charge < -0.3 is 10.5 Å². The molecule has 0 aliphatic carbocycles. The van der Waals surface area contributed by atoms with Crippen LogP contribution < -0.4 is 10.5 Å². The maximum Gasteiger partial charge on any atom is 0.132 e. The first-order valence-corrected chi connectivity index (χ1v) is 6.64. The summed E-state index contributed by atoms with van der Waals surface area (Å²) in [5, 5.41) is 0.915. The zero-order valence-corrected chi connectivity index (χ0v) is 11.6. The Balaban J connectivity index is 2.20. The van der Waals surface area contributed by atoms with E-state index in [9.17, 15) is 4.39 Å². The van der Waals surface area contributed by atoms with Gasteiger partial charge in [-0.3, -0.25) is 4.98 Å². The Bertz CT molecular complexity index is 783. The fourth-order valence-corrected chi connectivity index (χ4v) is 2.55. The van der Waals surface area contributed by atoms with E-state index in [0.29, 0.717) is 11.3 Å². The van der Waals surface area contributed by atoms with Gasteiger partial charge in [-0.1, -0.05) is 24.3 Å². The number of rotatable bonds is 3. The van der Waals surface area contributed by atoms with Gasteiger partial charge in [0.25, 0.3) is 0 Å². The summed E-state index contributed by atoms with van der Waals surface area (Å²) in [6.45, 7) is 0. The summed E-state index contributed by atoms with van der Waals surface area (Å²) in [7, 11) is 1.51. The van der Waals surface area contributed by atoms with Gasteiger partial charge in [-0.2, -0.15) is 0 Å². The Morgan fingerprint density at radius 1 is 1.10 bits per heavy atom.